The van der Waals surface area contributed by atoms with E-state index in [0.29, 0.717) is 34.2 Å². The molecule has 0 spiro atoms. The zero-order valence-corrected chi connectivity index (χ0v) is 18.1. The van der Waals surface area contributed by atoms with E-state index in [-0.39, 0.29) is 17.8 Å². The Labute approximate surface area is 187 Å². The first-order valence-electron chi connectivity index (χ1n) is 9.24. The third-order valence-corrected chi connectivity index (χ3v) is 5.68. The number of nitrogens with two attached hydrogens (primary N) is 1. The number of nitrogens with zero attached hydrogens (tertiary/aromatic N) is 2. The second kappa shape index (κ2) is 11.1. The average molecular weight is 456 g/mol. The van der Waals surface area contributed by atoms with Crippen LogP contribution in [0.5, 0.6) is 0 Å². The van der Waals surface area contributed by atoms with Gasteiger partial charge in [-0.2, -0.15) is 11.8 Å². The molecule has 0 aliphatic rings. The van der Waals surface area contributed by atoms with Gasteiger partial charge in [-0.25, -0.2) is 4.98 Å². The molecule has 0 aliphatic heterocycles. The van der Waals surface area contributed by atoms with E-state index in [1.54, 1.807) is 54.4 Å². The summed E-state index contributed by atoms with van der Waals surface area (Å²) in [5, 5.41) is 18.0. The van der Waals surface area contributed by atoms with Crippen molar-refractivity contribution in [2.75, 3.05) is 22.9 Å². The van der Waals surface area contributed by atoms with Crippen molar-refractivity contribution in [3.8, 4) is 0 Å². The van der Waals surface area contributed by atoms with Crippen LogP contribution in [-0.4, -0.2) is 40.0 Å². The molecular weight excluding hydrogens is 434 g/mol. The first-order chi connectivity index (χ1) is 15.0. The van der Waals surface area contributed by atoms with Crippen LogP contribution in [0.1, 0.15) is 26.4 Å². The fraction of sp³-hybridized carbons (Fsp3) is 0.150. The highest BCUT2D eigenvalue weighted by molar-refractivity contribution is 7.98. The van der Waals surface area contributed by atoms with E-state index in [1.807, 2.05) is 5.38 Å². The number of carbonyl (C=O) groups is 2. The standard InChI is InChI=1S/C20H21N7O2S2/c21-19(22)27-20-26-16(12-31-20)11-30-8-7-24-17(28)13-3-1-5-15(9-13)25-18(29)14-4-2-6-23-10-14/h1-6,9-10,12H,7-8,11H2,(H,24,28)(H,25,29)(H4,21,22,26,27). The van der Waals surface area contributed by atoms with Gasteiger partial charge in [-0.1, -0.05) is 6.07 Å². The maximum atomic E-state index is 12.4. The quantitative estimate of drug-likeness (QED) is 0.189. The topological polar surface area (TPSA) is 146 Å². The summed E-state index contributed by atoms with van der Waals surface area (Å²) in [6.07, 6.45) is 3.08. The van der Waals surface area contributed by atoms with E-state index in [9.17, 15) is 9.59 Å². The molecule has 2 amide bonds. The minimum Gasteiger partial charge on any atom is -0.370 e. The first-order valence-corrected chi connectivity index (χ1v) is 11.3. The highest BCUT2D eigenvalue weighted by Gasteiger charge is 2.09. The summed E-state index contributed by atoms with van der Waals surface area (Å²) in [5.74, 6) is 0.778. The molecule has 0 radical (unpaired) electrons. The number of thioether (sulfide) groups is 1. The van der Waals surface area contributed by atoms with Crippen LogP contribution in [-0.2, 0) is 5.75 Å². The lowest BCUT2D eigenvalue weighted by Gasteiger charge is -2.08. The van der Waals surface area contributed by atoms with Gasteiger partial charge in [-0.3, -0.25) is 20.0 Å². The van der Waals surface area contributed by atoms with Crippen molar-refractivity contribution < 1.29 is 9.59 Å². The molecule has 31 heavy (non-hydrogen) atoms. The number of pyridine rings is 1. The van der Waals surface area contributed by atoms with Gasteiger partial charge in [0, 0.05) is 47.1 Å². The zero-order chi connectivity index (χ0) is 22.1. The molecule has 0 unspecified atom stereocenters. The predicted octanol–water partition coefficient (Wildman–Crippen LogP) is 2.76. The normalized spacial score (nSPS) is 10.3. The van der Waals surface area contributed by atoms with Crippen LogP contribution in [0.2, 0.25) is 0 Å². The lowest BCUT2D eigenvalue weighted by Crippen LogP contribution is -2.26. The molecule has 0 saturated carbocycles. The average Bonchev–Trinajstić information content (AvgIpc) is 3.20. The molecule has 0 fully saturated rings. The van der Waals surface area contributed by atoms with E-state index < -0.39 is 0 Å². The summed E-state index contributed by atoms with van der Waals surface area (Å²) in [6, 6.07) is 10.1. The summed E-state index contributed by atoms with van der Waals surface area (Å²) in [5.41, 5.74) is 7.62. The smallest absolute Gasteiger partial charge is 0.257 e. The Morgan fingerprint density at radius 3 is 2.74 bits per heavy atom. The Morgan fingerprint density at radius 2 is 1.97 bits per heavy atom. The fourth-order valence-corrected chi connectivity index (χ4v) is 4.08. The molecule has 1 aromatic carbocycles. The van der Waals surface area contributed by atoms with Gasteiger partial charge in [0.2, 0.25) is 0 Å². The van der Waals surface area contributed by atoms with Crippen molar-refractivity contribution in [2.24, 2.45) is 5.73 Å². The Hall–Kier alpha value is -3.44. The van der Waals surface area contributed by atoms with Crippen LogP contribution in [0.4, 0.5) is 10.8 Å². The highest BCUT2D eigenvalue weighted by atomic mass is 32.2. The molecule has 3 rings (SSSR count). The van der Waals surface area contributed by atoms with E-state index in [1.165, 1.54) is 17.5 Å². The molecule has 0 saturated heterocycles. The molecule has 0 bridgehead atoms. The Kier molecular flexibility index (Phi) is 7.96. The maximum Gasteiger partial charge on any atom is 0.257 e. The van der Waals surface area contributed by atoms with Crippen LogP contribution >= 0.6 is 23.1 Å². The largest absolute Gasteiger partial charge is 0.370 e. The number of hydrogen-bond donors (Lipinski definition) is 5. The minimum absolute atomic E-state index is 0.142. The molecule has 3 aromatic rings. The molecule has 2 aromatic heterocycles. The molecule has 160 valence electrons. The molecule has 6 N–H and O–H groups in total. The van der Waals surface area contributed by atoms with Gasteiger partial charge in [0.25, 0.3) is 11.8 Å². The third-order valence-electron chi connectivity index (χ3n) is 3.88. The SMILES string of the molecule is N=C(N)Nc1nc(CSCCNC(=O)c2cccc(NC(=O)c3cccnc3)c2)cs1. The van der Waals surface area contributed by atoms with Crippen molar-refractivity contribution in [1.82, 2.24) is 15.3 Å². The van der Waals surface area contributed by atoms with Gasteiger partial charge in [-0.05, 0) is 30.3 Å². The number of hydrogen-bond acceptors (Lipinski definition) is 7. The van der Waals surface area contributed by atoms with E-state index in [0.717, 1.165) is 11.4 Å². The number of amides is 2. The van der Waals surface area contributed by atoms with Crippen LogP contribution in [0.25, 0.3) is 0 Å². The Morgan fingerprint density at radius 1 is 1.13 bits per heavy atom. The van der Waals surface area contributed by atoms with Crippen LogP contribution < -0.4 is 21.7 Å². The lowest BCUT2D eigenvalue weighted by molar-refractivity contribution is 0.0954. The monoisotopic (exact) mass is 455 g/mol. The second-order valence-corrected chi connectivity index (χ2v) is 8.23. The summed E-state index contributed by atoms with van der Waals surface area (Å²) in [6.45, 7) is 0.498. The van der Waals surface area contributed by atoms with Gasteiger partial charge in [-0.15, -0.1) is 11.3 Å². The minimum atomic E-state index is -0.286. The van der Waals surface area contributed by atoms with E-state index >= 15 is 0 Å². The predicted molar refractivity (Wildman–Crippen MR) is 125 cm³/mol. The summed E-state index contributed by atoms with van der Waals surface area (Å²) >= 11 is 3.03. The van der Waals surface area contributed by atoms with Gasteiger partial charge in [0.1, 0.15) is 0 Å². The van der Waals surface area contributed by atoms with Crippen molar-refractivity contribution in [3.63, 3.8) is 0 Å². The number of thiazole rings is 1. The number of nitrogens with one attached hydrogen (secondary N) is 4. The van der Waals surface area contributed by atoms with Crippen molar-refractivity contribution >= 4 is 51.7 Å². The van der Waals surface area contributed by atoms with Gasteiger partial charge < -0.3 is 21.7 Å². The van der Waals surface area contributed by atoms with Crippen molar-refractivity contribution in [3.05, 3.63) is 71.0 Å². The van der Waals surface area contributed by atoms with Gasteiger partial charge in [0.15, 0.2) is 11.1 Å². The number of aromatic nitrogens is 2. The molecule has 0 atom stereocenters. The number of benzene rings is 1. The fourth-order valence-electron chi connectivity index (χ4n) is 2.50. The lowest BCUT2D eigenvalue weighted by atomic mass is 10.1. The van der Waals surface area contributed by atoms with Gasteiger partial charge in [0.05, 0.1) is 11.3 Å². The molecule has 0 aliphatic carbocycles. The van der Waals surface area contributed by atoms with Crippen LogP contribution in [0.15, 0.2) is 54.2 Å². The maximum absolute atomic E-state index is 12.4. The Balaban J connectivity index is 1.42. The highest BCUT2D eigenvalue weighted by Crippen LogP contribution is 2.19. The van der Waals surface area contributed by atoms with Crippen molar-refractivity contribution in [1.29, 1.82) is 5.41 Å². The number of anilines is 2. The van der Waals surface area contributed by atoms with E-state index in [4.69, 9.17) is 11.1 Å². The summed E-state index contributed by atoms with van der Waals surface area (Å²) in [7, 11) is 0. The van der Waals surface area contributed by atoms with Crippen LogP contribution in [0, 0.1) is 5.41 Å². The Bertz CT molecular complexity index is 1060. The second-order valence-electron chi connectivity index (χ2n) is 6.27. The molecule has 2 heterocycles. The van der Waals surface area contributed by atoms with Crippen molar-refractivity contribution in [2.45, 2.75) is 5.75 Å². The molecular formula is C20H21N7O2S2. The zero-order valence-electron chi connectivity index (χ0n) is 16.4. The number of carbonyl (C=O) groups excluding carboxylic acids is 2. The molecule has 11 heteroatoms. The number of guanidine groups is 1. The number of rotatable bonds is 9. The van der Waals surface area contributed by atoms with Gasteiger partial charge >= 0.3 is 0 Å². The van der Waals surface area contributed by atoms with Crippen LogP contribution in [0.3, 0.4) is 0 Å². The summed E-state index contributed by atoms with van der Waals surface area (Å²) in [4.78, 5) is 32.9. The summed E-state index contributed by atoms with van der Waals surface area (Å²) < 4.78 is 0. The first kappa shape index (κ1) is 22.2. The van der Waals surface area contributed by atoms with E-state index in [2.05, 4.69) is 25.9 Å². The third kappa shape index (κ3) is 7.08. The molecule has 9 nitrogen and oxygen atoms in total.